The van der Waals surface area contributed by atoms with Gasteiger partial charge in [-0.25, -0.2) is 0 Å². The molecule has 0 N–H and O–H groups in total. The molecule has 4 unspecified atom stereocenters. The van der Waals surface area contributed by atoms with E-state index in [2.05, 4.69) is 19.9 Å². The second-order valence-electron chi connectivity index (χ2n) is 10.8. The number of aldehydes is 1. The van der Waals surface area contributed by atoms with Crippen molar-refractivity contribution in [3.8, 4) is 0 Å². The molecule has 0 aromatic carbocycles. The molecule has 3 heteroatoms. The van der Waals surface area contributed by atoms with E-state index in [0.717, 1.165) is 56.5 Å². The van der Waals surface area contributed by atoms with E-state index < -0.39 is 0 Å². The summed E-state index contributed by atoms with van der Waals surface area (Å²) >= 11 is 0. The highest BCUT2D eigenvalue weighted by atomic mass is 16.7. The fourth-order valence-electron chi connectivity index (χ4n) is 7.96. The normalized spacial score (nSPS) is 50.9. The second kappa shape index (κ2) is 7.23. The number of allylic oxidation sites excluding steroid dienone is 1. The molecule has 3 nitrogen and oxygen atoms in total. The molecule has 4 fully saturated rings. The lowest BCUT2D eigenvalue weighted by Crippen LogP contribution is -2.52. The van der Waals surface area contributed by atoms with Crippen molar-refractivity contribution in [2.45, 2.75) is 96.9 Å². The summed E-state index contributed by atoms with van der Waals surface area (Å²) in [5.41, 5.74) is 1.73. The molecular formula is C25H38O3. The molecule has 1 aliphatic heterocycles. The van der Waals surface area contributed by atoms with Crippen LogP contribution in [0, 0.1) is 34.5 Å². The molecule has 0 radical (unpaired) electrons. The largest absolute Gasteiger partial charge is 0.353 e. The van der Waals surface area contributed by atoms with Gasteiger partial charge in [-0.15, -0.1) is 0 Å². The fourth-order valence-corrected chi connectivity index (χ4v) is 7.96. The molecule has 5 rings (SSSR count). The van der Waals surface area contributed by atoms with Gasteiger partial charge in [0.15, 0.2) is 6.29 Å². The van der Waals surface area contributed by atoms with Crippen LogP contribution in [0.2, 0.25) is 0 Å². The molecule has 0 amide bonds. The van der Waals surface area contributed by atoms with Crippen LogP contribution in [0.25, 0.3) is 0 Å². The van der Waals surface area contributed by atoms with Gasteiger partial charge in [0.05, 0.1) is 11.5 Å². The zero-order valence-electron chi connectivity index (χ0n) is 17.8. The van der Waals surface area contributed by atoms with Crippen molar-refractivity contribution in [2.75, 3.05) is 6.61 Å². The van der Waals surface area contributed by atoms with Gasteiger partial charge in [-0.1, -0.05) is 25.5 Å². The molecule has 28 heavy (non-hydrogen) atoms. The Balaban J connectivity index is 1.35. The third-order valence-electron chi connectivity index (χ3n) is 9.83. The predicted molar refractivity (Wildman–Crippen MR) is 110 cm³/mol. The summed E-state index contributed by atoms with van der Waals surface area (Å²) in [4.78, 5) is 12.6. The van der Waals surface area contributed by atoms with Crippen molar-refractivity contribution < 1.29 is 14.3 Å². The van der Waals surface area contributed by atoms with Crippen LogP contribution >= 0.6 is 0 Å². The first kappa shape index (κ1) is 19.3. The van der Waals surface area contributed by atoms with Crippen molar-refractivity contribution in [1.29, 1.82) is 0 Å². The molecule has 156 valence electrons. The average molecular weight is 387 g/mol. The van der Waals surface area contributed by atoms with Crippen LogP contribution in [0.1, 0.15) is 84.5 Å². The highest BCUT2D eigenvalue weighted by Crippen LogP contribution is 2.65. The maximum atomic E-state index is 12.6. The van der Waals surface area contributed by atoms with Crippen LogP contribution in [0.4, 0.5) is 0 Å². The van der Waals surface area contributed by atoms with E-state index in [1.54, 1.807) is 0 Å². The Morgan fingerprint density at radius 3 is 2.79 bits per heavy atom. The van der Waals surface area contributed by atoms with Gasteiger partial charge in [0.25, 0.3) is 0 Å². The summed E-state index contributed by atoms with van der Waals surface area (Å²) in [6, 6.07) is 0. The minimum atomic E-state index is -0.191. The van der Waals surface area contributed by atoms with Gasteiger partial charge in [0.2, 0.25) is 0 Å². The van der Waals surface area contributed by atoms with Gasteiger partial charge in [0.1, 0.15) is 6.29 Å². The lowest BCUT2D eigenvalue weighted by atomic mass is 9.47. The van der Waals surface area contributed by atoms with Gasteiger partial charge < -0.3 is 14.3 Å². The van der Waals surface area contributed by atoms with Crippen molar-refractivity contribution in [3.05, 3.63) is 11.6 Å². The number of hydrogen-bond acceptors (Lipinski definition) is 3. The van der Waals surface area contributed by atoms with Crippen molar-refractivity contribution in [3.63, 3.8) is 0 Å². The molecule has 0 bridgehead atoms. The summed E-state index contributed by atoms with van der Waals surface area (Å²) in [6.07, 6.45) is 16.9. The van der Waals surface area contributed by atoms with Gasteiger partial charge in [-0.3, -0.25) is 0 Å². The molecule has 1 saturated heterocycles. The Morgan fingerprint density at radius 2 is 2.00 bits per heavy atom. The van der Waals surface area contributed by atoms with Crippen molar-refractivity contribution >= 4 is 6.29 Å². The van der Waals surface area contributed by atoms with E-state index in [-0.39, 0.29) is 17.8 Å². The third-order valence-corrected chi connectivity index (χ3v) is 9.83. The second-order valence-corrected chi connectivity index (χ2v) is 10.8. The number of ether oxygens (including phenoxy) is 2. The van der Waals surface area contributed by atoms with Crippen LogP contribution in [0.15, 0.2) is 11.6 Å². The molecule has 1 heterocycles. The third kappa shape index (κ3) is 2.87. The van der Waals surface area contributed by atoms with Gasteiger partial charge in [-0.05, 0) is 99.7 Å². The molecule has 4 aliphatic carbocycles. The summed E-state index contributed by atoms with van der Waals surface area (Å²) in [5, 5.41) is 0. The lowest BCUT2D eigenvalue weighted by molar-refractivity contribution is -0.195. The van der Waals surface area contributed by atoms with E-state index >= 15 is 0 Å². The topological polar surface area (TPSA) is 35.5 Å². The fraction of sp³-hybridized carbons (Fsp3) is 0.880. The summed E-state index contributed by atoms with van der Waals surface area (Å²) in [6.45, 7) is 5.85. The number of fused-ring (bicyclic) bond motifs is 5. The summed E-state index contributed by atoms with van der Waals surface area (Å²) < 4.78 is 12.1. The average Bonchev–Trinajstić information content (AvgIpc) is 3.03. The number of carbonyl (C=O) groups excluding carboxylic acids is 1. The van der Waals surface area contributed by atoms with Crippen LogP contribution in [-0.4, -0.2) is 25.3 Å². The Bertz CT molecular complexity index is 636. The first-order valence-corrected chi connectivity index (χ1v) is 12.0. The van der Waals surface area contributed by atoms with E-state index in [4.69, 9.17) is 9.47 Å². The van der Waals surface area contributed by atoms with E-state index in [0.29, 0.717) is 11.3 Å². The first-order valence-electron chi connectivity index (χ1n) is 12.0. The number of carbonyl (C=O) groups is 1. The van der Waals surface area contributed by atoms with Crippen LogP contribution < -0.4 is 0 Å². The zero-order valence-corrected chi connectivity index (χ0v) is 17.8. The Kier molecular flexibility index (Phi) is 4.99. The number of hydrogen-bond donors (Lipinski definition) is 0. The minimum absolute atomic E-state index is 0.0187. The quantitative estimate of drug-likeness (QED) is 0.463. The SMILES string of the molecule is C[C@H]1CCC2C3CC=C4C[C@@H](OC5CCCCO5)CC[C@]4(C=O)C3CC[C@@]21C. The Morgan fingerprint density at radius 1 is 1.11 bits per heavy atom. The molecule has 8 atom stereocenters. The van der Waals surface area contributed by atoms with Crippen LogP contribution in [0.3, 0.4) is 0 Å². The van der Waals surface area contributed by atoms with Crippen LogP contribution in [-0.2, 0) is 14.3 Å². The van der Waals surface area contributed by atoms with E-state index in [1.165, 1.54) is 50.4 Å². The van der Waals surface area contributed by atoms with E-state index in [9.17, 15) is 4.79 Å². The highest BCUT2D eigenvalue weighted by molar-refractivity contribution is 5.67. The molecule has 0 aromatic heterocycles. The maximum Gasteiger partial charge on any atom is 0.157 e. The summed E-state index contributed by atoms with van der Waals surface area (Å²) in [5.74, 6) is 2.95. The lowest BCUT2D eigenvalue weighted by Gasteiger charge is -2.57. The van der Waals surface area contributed by atoms with Gasteiger partial charge in [-0.2, -0.15) is 0 Å². The van der Waals surface area contributed by atoms with Crippen LogP contribution in [0.5, 0.6) is 0 Å². The van der Waals surface area contributed by atoms with Gasteiger partial charge in [0, 0.05) is 6.61 Å². The molecular weight excluding hydrogens is 348 g/mol. The molecule has 5 aliphatic rings. The van der Waals surface area contributed by atoms with Crippen molar-refractivity contribution in [1.82, 2.24) is 0 Å². The van der Waals surface area contributed by atoms with E-state index in [1.807, 2.05) is 0 Å². The molecule has 0 spiro atoms. The summed E-state index contributed by atoms with van der Waals surface area (Å²) in [7, 11) is 0. The smallest absolute Gasteiger partial charge is 0.157 e. The van der Waals surface area contributed by atoms with Crippen molar-refractivity contribution in [2.24, 2.45) is 34.5 Å². The number of rotatable bonds is 3. The minimum Gasteiger partial charge on any atom is -0.353 e. The first-order chi connectivity index (χ1) is 13.6. The highest BCUT2D eigenvalue weighted by Gasteiger charge is 2.59. The van der Waals surface area contributed by atoms with Gasteiger partial charge >= 0.3 is 0 Å². The monoisotopic (exact) mass is 386 g/mol. The Hall–Kier alpha value is -0.670. The Labute approximate surface area is 170 Å². The predicted octanol–water partition coefficient (Wildman–Crippen LogP) is 5.68. The zero-order chi connectivity index (χ0) is 19.4. The molecule has 3 saturated carbocycles. The maximum absolute atomic E-state index is 12.6. The standard InChI is InChI=1S/C25H38O3/c1-17-6-9-21-20-8-7-18-15-19(28-23-5-3-4-14-27-23)10-13-25(18,16-26)22(20)11-12-24(17,21)2/h7,16-17,19-23H,3-6,8-15H2,1-2H3/t17-,19-,20?,21?,22?,23?,24+,25+/m0/s1. The molecule has 0 aromatic rings.